The molecule has 0 fully saturated rings. The third-order valence-electron chi connectivity index (χ3n) is 2.95. The summed E-state index contributed by atoms with van der Waals surface area (Å²) < 4.78 is 5.14. The van der Waals surface area contributed by atoms with Crippen molar-refractivity contribution >= 4 is 11.6 Å². The molecule has 100 valence electrons. The number of carbonyl (C=O) groups excluding carboxylic acids is 1. The lowest BCUT2D eigenvalue weighted by Crippen LogP contribution is -2.10. The van der Waals surface area contributed by atoms with E-state index in [0.29, 0.717) is 17.2 Å². The molecular weight excluding hydrogens is 240 g/mol. The summed E-state index contributed by atoms with van der Waals surface area (Å²) in [6, 6.07) is 9.48. The molecule has 1 amide bonds. The van der Waals surface area contributed by atoms with Crippen molar-refractivity contribution in [1.29, 1.82) is 0 Å². The largest absolute Gasteiger partial charge is 0.467 e. The summed E-state index contributed by atoms with van der Waals surface area (Å²) in [4.78, 5) is 12.0. The number of benzene rings is 1. The van der Waals surface area contributed by atoms with Crippen LogP contribution in [0.25, 0.3) is 0 Å². The first kappa shape index (κ1) is 13.4. The zero-order chi connectivity index (χ0) is 13.8. The van der Waals surface area contributed by atoms with E-state index in [1.165, 1.54) is 11.8 Å². The lowest BCUT2D eigenvalue weighted by molar-refractivity contribution is 0.102. The second kappa shape index (κ2) is 5.71. The van der Waals surface area contributed by atoms with Gasteiger partial charge < -0.3 is 15.5 Å². The standard InChI is InChI=1S/C15H18N2O2/c1-10(2)11-3-5-13(6-4-11)17-15(18)12-7-14(8-16)19-9-12/h3-7,9-10H,8,16H2,1-2H3,(H,17,18). The Morgan fingerprint density at radius 2 is 2.00 bits per heavy atom. The summed E-state index contributed by atoms with van der Waals surface area (Å²) in [5.74, 6) is 0.881. The van der Waals surface area contributed by atoms with Gasteiger partial charge in [-0.25, -0.2) is 0 Å². The molecule has 0 aliphatic heterocycles. The first-order valence-corrected chi connectivity index (χ1v) is 6.29. The third-order valence-corrected chi connectivity index (χ3v) is 2.95. The Labute approximate surface area is 112 Å². The summed E-state index contributed by atoms with van der Waals surface area (Å²) in [5.41, 5.74) is 7.93. The second-order valence-electron chi connectivity index (χ2n) is 4.74. The maximum Gasteiger partial charge on any atom is 0.258 e. The molecule has 4 heteroatoms. The minimum absolute atomic E-state index is 0.194. The number of rotatable bonds is 4. The van der Waals surface area contributed by atoms with Crippen LogP contribution in [0.5, 0.6) is 0 Å². The van der Waals surface area contributed by atoms with Gasteiger partial charge in [0.15, 0.2) is 0 Å². The maximum atomic E-state index is 12.0. The monoisotopic (exact) mass is 258 g/mol. The van der Waals surface area contributed by atoms with E-state index in [4.69, 9.17) is 10.2 Å². The molecule has 1 aromatic carbocycles. The van der Waals surface area contributed by atoms with Crippen LogP contribution in [0.15, 0.2) is 41.0 Å². The highest BCUT2D eigenvalue weighted by Gasteiger charge is 2.10. The van der Waals surface area contributed by atoms with Crippen molar-refractivity contribution in [2.75, 3.05) is 5.32 Å². The lowest BCUT2D eigenvalue weighted by atomic mass is 10.0. The number of nitrogens with two attached hydrogens (primary N) is 1. The van der Waals surface area contributed by atoms with E-state index in [1.54, 1.807) is 6.07 Å². The van der Waals surface area contributed by atoms with Gasteiger partial charge in [-0.1, -0.05) is 26.0 Å². The number of anilines is 1. The highest BCUT2D eigenvalue weighted by molar-refractivity contribution is 6.04. The third kappa shape index (κ3) is 3.23. The zero-order valence-corrected chi connectivity index (χ0v) is 11.1. The van der Waals surface area contributed by atoms with Crippen molar-refractivity contribution in [1.82, 2.24) is 0 Å². The molecule has 4 nitrogen and oxygen atoms in total. The minimum Gasteiger partial charge on any atom is -0.467 e. The highest BCUT2D eigenvalue weighted by atomic mass is 16.3. The van der Waals surface area contributed by atoms with E-state index < -0.39 is 0 Å². The number of hydrogen-bond acceptors (Lipinski definition) is 3. The Morgan fingerprint density at radius 1 is 1.32 bits per heavy atom. The Bertz CT molecular complexity index is 556. The van der Waals surface area contributed by atoms with E-state index >= 15 is 0 Å². The number of carbonyl (C=O) groups is 1. The maximum absolute atomic E-state index is 12.0. The van der Waals surface area contributed by atoms with Crippen LogP contribution in [-0.4, -0.2) is 5.91 Å². The molecule has 1 heterocycles. The summed E-state index contributed by atoms with van der Waals surface area (Å²) in [7, 11) is 0. The number of amides is 1. The fourth-order valence-electron chi connectivity index (χ4n) is 1.76. The summed E-state index contributed by atoms with van der Waals surface area (Å²) >= 11 is 0. The van der Waals surface area contributed by atoms with E-state index in [2.05, 4.69) is 19.2 Å². The molecule has 0 spiro atoms. The summed E-state index contributed by atoms with van der Waals surface area (Å²) in [6.07, 6.45) is 1.42. The normalized spacial score (nSPS) is 10.7. The predicted octanol–water partition coefficient (Wildman–Crippen LogP) is 3.11. The van der Waals surface area contributed by atoms with Crippen molar-refractivity contribution in [2.24, 2.45) is 5.73 Å². The van der Waals surface area contributed by atoms with Crippen LogP contribution in [-0.2, 0) is 6.54 Å². The first-order chi connectivity index (χ1) is 9.10. The molecule has 0 aliphatic carbocycles. The van der Waals surface area contributed by atoms with Crippen LogP contribution < -0.4 is 11.1 Å². The number of nitrogens with one attached hydrogen (secondary N) is 1. The Hall–Kier alpha value is -2.07. The topological polar surface area (TPSA) is 68.3 Å². The SMILES string of the molecule is CC(C)c1ccc(NC(=O)c2coc(CN)c2)cc1. The smallest absolute Gasteiger partial charge is 0.258 e. The van der Waals surface area contributed by atoms with Crippen LogP contribution in [0.1, 0.15) is 41.4 Å². The highest BCUT2D eigenvalue weighted by Crippen LogP contribution is 2.18. The van der Waals surface area contributed by atoms with E-state index in [1.807, 2.05) is 24.3 Å². The van der Waals surface area contributed by atoms with Crippen molar-refractivity contribution < 1.29 is 9.21 Å². The molecule has 3 N–H and O–H groups in total. The quantitative estimate of drug-likeness (QED) is 0.885. The summed E-state index contributed by atoms with van der Waals surface area (Å²) in [5, 5.41) is 2.82. The van der Waals surface area contributed by atoms with Gasteiger partial charge in [-0.15, -0.1) is 0 Å². The molecular formula is C15H18N2O2. The van der Waals surface area contributed by atoms with Crippen LogP contribution in [0, 0.1) is 0 Å². The fourth-order valence-corrected chi connectivity index (χ4v) is 1.76. The Balaban J connectivity index is 2.06. The van der Waals surface area contributed by atoms with E-state index in [0.717, 1.165) is 5.69 Å². The average molecular weight is 258 g/mol. The molecule has 0 aliphatic rings. The molecule has 2 rings (SSSR count). The molecule has 1 aromatic heterocycles. The number of furan rings is 1. The van der Waals surface area contributed by atoms with Crippen molar-refractivity contribution in [3.8, 4) is 0 Å². The van der Waals surface area contributed by atoms with Gasteiger partial charge in [0.1, 0.15) is 12.0 Å². The summed E-state index contributed by atoms with van der Waals surface area (Å²) in [6.45, 7) is 4.55. The van der Waals surface area contributed by atoms with Gasteiger partial charge in [0, 0.05) is 5.69 Å². The minimum atomic E-state index is -0.194. The predicted molar refractivity (Wildman–Crippen MR) is 75.1 cm³/mol. The molecule has 2 aromatic rings. The molecule has 0 saturated heterocycles. The molecule has 0 unspecified atom stereocenters. The zero-order valence-electron chi connectivity index (χ0n) is 11.1. The van der Waals surface area contributed by atoms with Crippen molar-refractivity contribution in [3.05, 3.63) is 53.5 Å². The van der Waals surface area contributed by atoms with Gasteiger partial charge in [-0.3, -0.25) is 4.79 Å². The Kier molecular flexibility index (Phi) is 4.02. The molecule has 0 bridgehead atoms. The van der Waals surface area contributed by atoms with Gasteiger partial charge in [0.2, 0.25) is 0 Å². The van der Waals surface area contributed by atoms with Gasteiger partial charge in [0.05, 0.1) is 12.1 Å². The van der Waals surface area contributed by atoms with Gasteiger partial charge in [-0.05, 0) is 29.7 Å². The second-order valence-corrected chi connectivity index (χ2v) is 4.74. The van der Waals surface area contributed by atoms with Gasteiger partial charge in [-0.2, -0.15) is 0 Å². The van der Waals surface area contributed by atoms with Crippen molar-refractivity contribution in [2.45, 2.75) is 26.3 Å². The van der Waals surface area contributed by atoms with E-state index in [-0.39, 0.29) is 12.5 Å². The Morgan fingerprint density at radius 3 is 2.53 bits per heavy atom. The van der Waals surface area contributed by atoms with Gasteiger partial charge in [0.25, 0.3) is 5.91 Å². The average Bonchev–Trinajstić information content (AvgIpc) is 2.88. The fraction of sp³-hybridized carbons (Fsp3) is 0.267. The number of hydrogen-bond donors (Lipinski definition) is 2. The molecule has 19 heavy (non-hydrogen) atoms. The molecule has 0 radical (unpaired) electrons. The van der Waals surface area contributed by atoms with Crippen molar-refractivity contribution in [3.63, 3.8) is 0 Å². The molecule has 0 saturated carbocycles. The first-order valence-electron chi connectivity index (χ1n) is 6.29. The van der Waals surface area contributed by atoms with Crippen LogP contribution in [0.4, 0.5) is 5.69 Å². The molecule has 0 atom stereocenters. The van der Waals surface area contributed by atoms with Gasteiger partial charge >= 0.3 is 0 Å². The van der Waals surface area contributed by atoms with E-state index in [9.17, 15) is 4.79 Å². The van der Waals surface area contributed by atoms with Crippen LogP contribution in [0.2, 0.25) is 0 Å². The van der Waals surface area contributed by atoms with Crippen LogP contribution >= 0.6 is 0 Å². The lowest BCUT2D eigenvalue weighted by Gasteiger charge is -2.07. The van der Waals surface area contributed by atoms with Crippen LogP contribution in [0.3, 0.4) is 0 Å².